The molecule has 0 fully saturated rings. The van der Waals surface area contributed by atoms with Crippen molar-refractivity contribution >= 4 is 23.1 Å². The Balaban J connectivity index is 1.91. The van der Waals surface area contributed by atoms with E-state index in [1.165, 1.54) is 0 Å². The van der Waals surface area contributed by atoms with E-state index in [0.29, 0.717) is 16.7 Å². The van der Waals surface area contributed by atoms with Gasteiger partial charge in [-0.15, -0.1) is 0 Å². The lowest BCUT2D eigenvalue weighted by molar-refractivity contribution is 0.174. The minimum absolute atomic E-state index is 0.253. The molecule has 1 aliphatic rings. The van der Waals surface area contributed by atoms with Gasteiger partial charge in [0.15, 0.2) is 22.5 Å². The summed E-state index contributed by atoms with van der Waals surface area (Å²) in [6.45, 7) is 4.02. The van der Waals surface area contributed by atoms with E-state index in [0.717, 1.165) is 22.8 Å². The van der Waals surface area contributed by atoms with E-state index >= 15 is 0 Å². The molecule has 19 heavy (non-hydrogen) atoms. The maximum atomic E-state index is 6.08. The summed E-state index contributed by atoms with van der Waals surface area (Å²) < 4.78 is 10.6. The van der Waals surface area contributed by atoms with Crippen LogP contribution in [0, 0.1) is 13.8 Å². The van der Waals surface area contributed by atoms with Crippen molar-refractivity contribution < 1.29 is 9.47 Å². The van der Waals surface area contributed by atoms with Gasteiger partial charge in [0, 0.05) is 11.8 Å². The van der Waals surface area contributed by atoms with Crippen LogP contribution in [0.5, 0.6) is 11.5 Å². The third-order valence-corrected chi connectivity index (χ3v) is 3.16. The number of rotatable bonds is 2. The number of benzene rings is 1. The first-order valence-corrected chi connectivity index (χ1v) is 6.19. The number of nitrogens with one attached hydrogen (secondary N) is 1. The molecule has 0 saturated heterocycles. The van der Waals surface area contributed by atoms with E-state index < -0.39 is 0 Å². The largest absolute Gasteiger partial charge is 0.454 e. The summed E-state index contributed by atoms with van der Waals surface area (Å²) in [5.74, 6) is 1.98. The SMILES string of the molecule is Cc1nc(Cl)c(Nc2ccc3c(c2)OCO3)nc1C. The van der Waals surface area contributed by atoms with Gasteiger partial charge in [0.05, 0.1) is 11.4 Å². The number of anilines is 2. The van der Waals surface area contributed by atoms with Crippen LogP contribution in [0.2, 0.25) is 5.15 Å². The van der Waals surface area contributed by atoms with Gasteiger partial charge >= 0.3 is 0 Å². The molecule has 0 spiro atoms. The minimum Gasteiger partial charge on any atom is -0.454 e. The number of hydrogen-bond donors (Lipinski definition) is 1. The molecule has 1 N–H and O–H groups in total. The fraction of sp³-hybridized carbons (Fsp3) is 0.231. The summed E-state index contributed by atoms with van der Waals surface area (Å²) in [4.78, 5) is 8.61. The Bertz CT molecular complexity index is 646. The van der Waals surface area contributed by atoms with E-state index in [9.17, 15) is 0 Å². The van der Waals surface area contributed by atoms with Crippen LogP contribution in [0.4, 0.5) is 11.5 Å². The third kappa shape index (κ3) is 2.29. The van der Waals surface area contributed by atoms with E-state index in [-0.39, 0.29) is 6.79 Å². The number of halogens is 1. The van der Waals surface area contributed by atoms with Gasteiger partial charge in [0.2, 0.25) is 6.79 Å². The van der Waals surface area contributed by atoms with Gasteiger partial charge in [0.25, 0.3) is 0 Å². The first-order chi connectivity index (χ1) is 9.13. The molecule has 98 valence electrons. The van der Waals surface area contributed by atoms with E-state index in [1.807, 2.05) is 32.0 Å². The van der Waals surface area contributed by atoms with Crippen molar-refractivity contribution in [3.05, 3.63) is 34.7 Å². The first kappa shape index (κ1) is 12.0. The molecule has 0 saturated carbocycles. The molecule has 6 heteroatoms. The lowest BCUT2D eigenvalue weighted by atomic mass is 10.3. The summed E-state index contributed by atoms with van der Waals surface area (Å²) in [6, 6.07) is 5.56. The van der Waals surface area contributed by atoms with Crippen LogP contribution >= 0.6 is 11.6 Å². The summed E-state index contributed by atoms with van der Waals surface area (Å²) in [6.07, 6.45) is 0. The fourth-order valence-corrected chi connectivity index (χ4v) is 1.98. The molecule has 1 aromatic carbocycles. The summed E-state index contributed by atoms with van der Waals surface area (Å²) in [5.41, 5.74) is 2.48. The molecular weight excluding hydrogens is 266 g/mol. The molecule has 1 aliphatic heterocycles. The summed E-state index contributed by atoms with van der Waals surface area (Å²) in [7, 11) is 0. The van der Waals surface area contributed by atoms with Crippen molar-refractivity contribution in [1.82, 2.24) is 9.97 Å². The quantitative estimate of drug-likeness (QED) is 0.913. The lowest BCUT2D eigenvalue weighted by Crippen LogP contribution is -2.00. The zero-order chi connectivity index (χ0) is 13.4. The van der Waals surface area contributed by atoms with Crippen molar-refractivity contribution in [3.8, 4) is 11.5 Å². The normalized spacial score (nSPS) is 12.6. The van der Waals surface area contributed by atoms with Crippen LogP contribution in [0.3, 0.4) is 0 Å². The van der Waals surface area contributed by atoms with E-state index in [2.05, 4.69) is 15.3 Å². The maximum Gasteiger partial charge on any atom is 0.231 e. The van der Waals surface area contributed by atoms with Crippen LogP contribution in [0.1, 0.15) is 11.4 Å². The second-order valence-corrected chi connectivity index (χ2v) is 4.58. The number of nitrogens with zero attached hydrogens (tertiary/aromatic N) is 2. The van der Waals surface area contributed by atoms with Crippen molar-refractivity contribution in [2.75, 3.05) is 12.1 Å². The Morgan fingerprint density at radius 2 is 1.84 bits per heavy atom. The molecule has 5 nitrogen and oxygen atoms in total. The van der Waals surface area contributed by atoms with Gasteiger partial charge < -0.3 is 14.8 Å². The first-order valence-electron chi connectivity index (χ1n) is 5.81. The Labute approximate surface area is 115 Å². The van der Waals surface area contributed by atoms with E-state index in [1.54, 1.807) is 0 Å². The van der Waals surface area contributed by atoms with Gasteiger partial charge in [-0.2, -0.15) is 0 Å². The predicted octanol–water partition coefficient (Wildman–Crippen LogP) is 3.22. The molecule has 3 rings (SSSR count). The third-order valence-electron chi connectivity index (χ3n) is 2.90. The van der Waals surface area contributed by atoms with E-state index in [4.69, 9.17) is 21.1 Å². The van der Waals surface area contributed by atoms with Crippen LogP contribution in [-0.4, -0.2) is 16.8 Å². The monoisotopic (exact) mass is 277 g/mol. The average Bonchev–Trinajstić information content (AvgIpc) is 2.83. The molecule has 0 aliphatic carbocycles. The number of fused-ring (bicyclic) bond motifs is 1. The molecule has 1 aromatic heterocycles. The fourth-order valence-electron chi connectivity index (χ4n) is 1.77. The van der Waals surface area contributed by atoms with Gasteiger partial charge in [-0.25, -0.2) is 9.97 Å². The van der Waals surface area contributed by atoms with Crippen LogP contribution in [0.15, 0.2) is 18.2 Å². The Hall–Kier alpha value is -2.01. The molecule has 2 aromatic rings. The average molecular weight is 278 g/mol. The number of aromatic nitrogens is 2. The highest BCUT2D eigenvalue weighted by atomic mass is 35.5. The lowest BCUT2D eigenvalue weighted by Gasteiger charge is -2.09. The Kier molecular flexibility index (Phi) is 2.91. The molecule has 0 amide bonds. The van der Waals surface area contributed by atoms with Gasteiger partial charge in [-0.3, -0.25) is 0 Å². The van der Waals surface area contributed by atoms with Crippen molar-refractivity contribution in [2.24, 2.45) is 0 Å². The molecular formula is C13H12ClN3O2. The predicted molar refractivity (Wildman–Crippen MR) is 72.4 cm³/mol. The number of ether oxygens (including phenoxy) is 2. The summed E-state index contributed by atoms with van der Waals surface area (Å²) >= 11 is 6.08. The molecule has 0 unspecified atom stereocenters. The highest BCUT2D eigenvalue weighted by Crippen LogP contribution is 2.35. The van der Waals surface area contributed by atoms with Crippen LogP contribution in [0.25, 0.3) is 0 Å². The van der Waals surface area contributed by atoms with Crippen molar-refractivity contribution in [1.29, 1.82) is 0 Å². The van der Waals surface area contributed by atoms with Gasteiger partial charge in [-0.1, -0.05) is 11.6 Å². The minimum atomic E-state index is 0.253. The smallest absolute Gasteiger partial charge is 0.231 e. The van der Waals surface area contributed by atoms with Gasteiger partial charge in [-0.05, 0) is 26.0 Å². The maximum absolute atomic E-state index is 6.08. The standard InChI is InChI=1S/C13H12ClN3O2/c1-7-8(2)16-13(12(14)15-7)17-9-3-4-10-11(5-9)19-6-18-10/h3-5H,6H2,1-2H3,(H,16,17). The second kappa shape index (κ2) is 4.59. The highest BCUT2D eigenvalue weighted by Gasteiger charge is 2.14. The van der Waals surface area contributed by atoms with Crippen LogP contribution < -0.4 is 14.8 Å². The zero-order valence-corrected chi connectivity index (χ0v) is 11.3. The molecule has 0 atom stereocenters. The highest BCUT2D eigenvalue weighted by molar-refractivity contribution is 6.31. The number of aryl methyl sites for hydroxylation is 2. The Morgan fingerprint density at radius 3 is 2.68 bits per heavy atom. The molecule has 0 radical (unpaired) electrons. The molecule has 0 bridgehead atoms. The van der Waals surface area contributed by atoms with Crippen LogP contribution in [-0.2, 0) is 0 Å². The Morgan fingerprint density at radius 1 is 1.11 bits per heavy atom. The van der Waals surface area contributed by atoms with Crippen molar-refractivity contribution in [3.63, 3.8) is 0 Å². The second-order valence-electron chi connectivity index (χ2n) is 4.23. The summed E-state index contributed by atoms with van der Waals surface area (Å²) in [5, 5.41) is 3.48. The number of hydrogen-bond acceptors (Lipinski definition) is 5. The topological polar surface area (TPSA) is 56.3 Å². The zero-order valence-electron chi connectivity index (χ0n) is 10.5. The van der Waals surface area contributed by atoms with Crippen molar-refractivity contribution in [2.45, 2.75) is 13.8 Å². The molecule has 2 heterocycles. The van der Waals surface area contributed by atoms with Gasteiger partial charge in [0.1, 0.15) is 0 Å².